The second-order valence-electron chi connectivity index (χ2n) is 8.30. The van der Waals surface area contributed by atoms with Crippen LogP contribution in [-0.2, 0) is 30.8 Å². The fourth-order valence-corrected chi connectivity index (χ4v) is 3.72. The van der Waals surface area contributed by atoms with Gasteiger partial charge in [-0.2, -0.15) is 21.6 Å². The molecular weight excluding hydrogens is 468 g/mol. The summed E-state index contributed by atoms with van der Waals surface area (Å²) in [5, 5.41) is -0.0230. The molecule has 6 nitrogen and oxygen atoms in total. The van der Waals surface area contributed by atoms with Crippen LogP contribution >= 0.6 is 0 Å². The second kappa shape index (κ2) is 9.46. The van der Waals surface area contributed by atoms with Crippen molar-refractivity contribution in [3.8, 4) is 5.75 Å². The molecule has 0 aromatic heterocycles. The third-order valence-corrected chi connectivity index (χ3v) is 5.55. The molecule has 0 saturated heterocycles. The fraction of sp³-hybridized carbons (Fsp3) is 0.500. The van der Waals surface area contributed by atoms with Gasteiger partial charge in [0, 0.05) is 10.9 Å². The summed E-state index contributed by atoms with van der Waals surface area (Å²) in [5.41, 5.74) is -6.58. The average Bonchev–Trinajstić information content (AvgIpc) is 2.65. The number of ether oxygens (including phenoxy) is 2. The Labute approximate surface area is 189 Å². The molecule has 0 aliphatic rings. The minimum atomic E-state index is -6.16. The van der Waals surface area contributed by atoms with Crippen LogP contribution in [0.5, 0.6) is 5.75 Å². The van der Waals surface area contributed by atoms with Crippen LogP contribution in [0.4, 0.5) is 17.6 Å². The lowest BCUT2D eigenvalue weighted by atomic mass is 9.94. The van der Waals surface area contributed by atoms with Crippen molar-refractivity contribution < 1.29 is 44.4 Å². The van der Waals surface area contributed by atoms with Crippen LogP contribution in [0.2, 0.25) is 0 Å². The van der Waals surface area contributed by atoms with E-state index in [0.717, 1.165) is 6.07 Å². The van der Waals surface area contributed by atoms with E-state index in [1.165, 1.54) is 26.0 Å². The maximum Gasteiger partial charge on any atom is 0.534 e. The van der Waals surface area contributed by atoms with Gasteiger partial charge in [0.2, 0.25) is 0 Å². The number of carbonyl (C=O) groups is 1. The van der Waals surface area contributed by atoms with Crippen molar-refractivity contribution in [1.82, 2.24) is 0 Å². The molecule has 0 saturated carbocycles. The first-order valence-corrected chi connectivity index (χ1v) is 11.5. The summed E-state index contributed by atoms with van der Waals surface area (Å²) in [6.45, 7) is 9.37. The normalized spacial score (nSPS) is 13.8. The predicted octanol–water partition coefficient (Wildman–Crippen LogP) is 5.50. The average molecular weight is 495 g/mol. The van der Waals surface area contributed by atoms with Crippen LogP contribution < -0.4 is 4.18 Å². The van der Waals surface area contributed by atoms with Gasteiger partial charge in [0.15, 0.2) is 11.9 Å². The van der Waals surface area contributed by atoms with Crippen LogP contribution in [0.1, 0.15) is 57.4 Å². The molecule has 0 N–H and O–H groups in total. The molecule has 0 aliphatic heterocycles. The first-order chi connectivity index (χ1) is 15.0. The molecule has 0 fully saturated rings. The van der Waals surface area contributed by atoms with E-state index in [4.69, 9.17) is 9.47 Å². The Morgan fingerprint density at radius 3 is 2.18 bits per heavy atom. The summed E-state index contributed by atoms with van der Waals surface area (Å²) in [6, 6.07) is 3.77. The van der Waals surface area contributed by atoms with Crippen molar-refractivity contribution in [2.24, 2.45) is 0 Å². The maximum absolute atomic E-state index is 14.6. The largest absolute Gasteiger partial charge is 0.534 e. The molecule has 0 amide bonds. The first-order valence-electron chi connectivity index (χ1n) is 10.1. The number of aryl methyl sites for hydroxylation is 2. The highest BCUT2D eigenvalue weighted by Crippen LogP contribution is 2.43. The van der Waals surface area contributed by atoms with Gasteiger partial charge < -0.3 is 13.7 Å². The number of fused-ring (bicyclic) bond motifs is 1. The van der Waals surface area contributed by atoms with Gasteiger partial charge in [-0.15, -0.1) is 0 Å². The number of carbonyl (C=O) groups excluding carboxylic acids is 1. The zero-order valence-electron chi connectivity index (χ0n) is 19.1. The van der Waals surface area contributed by atoms with Gasteiger partial charge >= 0.3 is 21.6 Å². The van der Waals surface area contributed by atoms with Gasteiger partial charge in [-0.05, 0) is 69.7 Å². The van der Waals surface area contributed by atoms with Crippen LogP contribution in [0.25, 0.3) is 10.8 Å². The molecular formula is C22H26F4O6S. The van der Waals surface area contributed by atoms with Gasteiger partial charge in [0.25, 0.3) is 0 Å². The Balaban J connectivity index is 2.97. The quantitative estimate of drug-likeness (QED) is 0.219. The van der Waals surface area contributed by atoms with Crippen molar-refractivity contribution in [3.05, 3.63) is 40.7 Å². The van der Waals surface area contributed by atoms with Crippen molar-refractivity contribution in [1.29, 1.82) is 0 Å². The van der Waals surface area contributed by atoms with E-state index in [1.807, 2.05) is 0 Å². The van der Waals surface area contributed by atoms with Gasteiger partial charge in [-0.1, -0.05) is 13.0 Å². The summed E-state index contributed by atoms with van der Waals surface area (Å²) in [5.74, 6) is -2.57. The van der Waals surface area contributed by atoms with Crippen molar-refractivity contribution in [2.45, 2.75) is 65.2 Å². The summed E-state index contributed by atoms with van der Waals surface area (Å²) in [6.07, 6.45) is -1.35. The van der Waals surface area contributed by atoms with Crippen LogP contribution in [0.15, 0.2) is 18.2 Å². The molecule has 1 atom stereocenters. The van der Waals surface area contributed by atoms with E-state index in [0.29, 0.717) is 0 Å². The molecule has 33 heavy (non-hydrogen) atoms. The zero-order valence-corrected chi connectivity index (χ0v) is 19.9. The van der Waals surface area contributed by atoms with E-state index in [1.54, 1.807) is 27.7 Å². The summed E-state index contributed by atoms with van der Waals surface area (Å²) < 4.78 is 93.4. The van der Waals surface area contributed by atoms with Gasteiger partial charge in [-0.25, -0.2) is 9.18 Å². The molecule has 0 heterocycles. The number of esters is 1. The Bertz CT molecular complexity index is 1150. The van der Waals surface area contributed by atoms with Gasteiger partial charge in [0.05, 0.1) is 12.2 Å². The Kier molecular flexibility index (Phi) is 7.69. The van der Waals surface area contributed by atoms with E-state index in [9.17, 15) is 30.8 Å². The first kappa shape index (κ1) is 26.8. The number of benzene rings is 2. The third kappa shape index (κ3) is 5.94. The monoisotopic (exact) mass is 494 g/mol. The SMILES string of the molecule is CCOC(=O)[C@@H](OC(C)(C)C)c1c(C)cc2cc(CC)c(F)cc2c1OS(=O)(=O)C(F)(F)F. The minimum absolute atomic E-state index is 0.0685. The zero-order chi connectivity index (χ0) is 25.4. The highest BCUT2D eigenvalue weighted by molar-refractivity contribution is 7.88. The number of hydrogen-bond donors (Lipinski definition) is 0. The standard InChI is InChI=1S/C22H26F4O6S/c1-7-13-10-14-9-12(3)17(19(20(27)30-8-2)31-21(4,5)6)18(15(14)11-16(13)23)32-33(28,29)22(24,25)26/h9-11,19H,7-8H2,1-6H3/t19-/m0/s1. The Hall–Kier alpha value is -2.40. The number of rotatable bonds is 7. The van der Waals surface area contributed by atoms with E-state index < -0.39 is 44.9 Å². The van der Waals surface area contributed by atoms with Gasteiger partial charge in [0.1, 0.15) is 5.82 Å². The van der Waals surface area contributed by atoms with Crippen LogP contribution in [0, 0.1) is 12.7 Å². The molecule has 0 radical (unpaired) electrons. The number of hydrogen-bond acceptors (Lipinski definition) is 6. The lowest BCUT2D eigenvalue weighted by molar-refractivity contribution is -0.167. The molecule has 0 aliphatic carbocycles. The Morgan fingerprint density at radius 1 is 1.09 bits per heavy atom. The topological polar surface area (TPSA) is 78.9 Å². The lowest BCUT2D eigenvalue weighted by Crippen LogP contribution is -2.31. The maximum atomic E-state index is 14.6. The second-order valence-corrected chi connectivity index (χ2v) is 9.84. The third-order valence-electron chi connectivity index (χ3n) is 4.60. The number of halogens is 4. The number of alkyl halides is 3. The Morgan fingerprint density at radius 2 is 1.70 bits per heavy atom. The highest BCUT2D eigenvalue weighted by atomic mass is 32.2. The molecule has 2 aromatic rings. The fourth-order valence-electron chi connectivity index (χ4n) is 3.23. The summed E-state index contributed by atoms with van der Waals surface area (Å²) >= 11 is 0. The van der Waals surface area contributed by atoms with E-state index in [-0.39, 0.29) is 40.5 Å². The molecule has 0 spiro atoms. The molecule has 0 unspecified atom stereocenters. The predicted molar refractivity (Wildman–Crippen MR) is 114 cm³/mol. The van der Waals surface area contributed by atoms with Crippen molar-refractivity contribution >= 4 is 26.9 Å². The smallest absolute Gasteiger partial charge is 0.464 e. The summed E-state index contributed by atoms with van der Waals surface area (Å²) in [7, 11) is -6.16. The van der Waals surface area contributed by atoms with Crippen LogP contribution in [-0.4, -0.2) is 32.1 Å². The van der Waals surface area contributed by atoms with Crippen molar-refractivity contribution in [2.75, 3.05) is 6.61 Å². The molecule has 11 heteroatoms. The highest BCUT2D eigenvalue weighted by Gasteiger charge is 2.49. The van der Waals surface area contributed by atoms with Gasteiger partial charge in [-0.3, -0.25) is 0 Å². The van der Waals surface area contributed by atoms with E-state index in [2.05, 4.69) is 4.18 Å². The molecule has 184 valence electrons. The molecule has 0 bridgehead atoms. The molecule has 2 rings (SSSR count). The van der Waals surface area contributed by atoms with E-state index >= 15 is 0 Å². The minimum Gasteiger partial charge on any atom is -0.464 e. The molecule has 2 aromatic carbocycles. The van der Waals surface area contributed by atoms with Crippen molar-refractivity contribution in [3.63, 3.8) is 0 Å². The summed E-state index contributed by atoms with van der Waals surface area (Å²) in [4.78, 5) is 12.7. The lowest BCUT2D eigenvalue weighted by Gasteiger charge is -2.29. The van der Waals surface area contributed by atoms with Crippen LogP contribution in [0.3, 0.4) is 0 Å².